The van der Waals surface area contributed by atoms with Crippen LogP contribution in [0.5, 0.6) is 0 Å². The van der Waals surface area contributed by atoms with E-state index in [1.807, 2.05) is 0 Å². The molecule has 1 heteroatoms. The summed E-state index contributed by atoms with van der Waals surface area (Å²) in [6, 6.07) is 21.8. The summed E-state index contributed by atoms with van der Waals surface area (Å²) in [6.45, 7) is 4.28. The zero-order valence-corrected chi connectivity index (χ0v) is 12.6. The Hall–Kier alpha value is -2.12. The minimum Gasteiger partial charge on any atom is -0.324 e. The van der Waals surface area contributed by atoms with E-state index in [4.69, 9.17) is 5.73 Å². The molecule has 2 N–H and O–H groups in total. The van der Waals surface area contributed by atoms with Crippen molar-refractivity contribution in [2.75, 3.05) is 0 Å². The number of fused-ring (bicyclic) bond motifs is 1. The fraction of sp³-hybridized carbons (Fsp3) is 0.200. The second kappa shape index (κ2) is 5.71. The van der Waals surface area contributed by atoms with Gasteiger partial charge in [-0.1, -0.05) is 67.6 Å². The first kappa shape index (κ1) is 13.8. The Balaban J connectivity index is 2.11. The molecule has 106 valence electrons. The smallest absolute Gasteiger partial charge is 0.0292 e. The number of hydrogen-bond donors (Lipinski definition) is 1. The Morgan fingerprint density at radius 2 is 1.52 bits per heavy atom. The largest absolute Gasteiger partial charge is 0.324 e. The summed E-state index contributed by atoms with van der Waals surface area (Å²) in [6.07, 6.45) is 0.965. The number of benzene rings is 3. The van der Waals surface area contributed by atoms with Gasteiger partial charge in [-0.05, 0) is 46.4 Å². The van der Waals surface area contributed by atoms with Gasteiger partial charge in [-0.3, -0.25) is 0 Å². The Bertz CT molecular complexity index is 756. The van der Waals surface area contributed by atoms with Gasteiger partial charge in [0.05, 0.1) is 0 Å². The molecule has 1 unspecified atom stereocenters. The Labute approximate surface area is 126 Å². The van der Waals surface area contributed by atoms with Crippen LogP contribution in [0.15, 0.2) is 60.7 Å². The standard InChI is InChI=1S/C20H21N/c1-3-20(21)16-11-9-15(10-12-16)18-13-8-14(2)17-6-4-5-7-19(17)18/h4-13,20H,3,21H2,1-2H3. The first-order valence-electron chi connectivity index (χ1n) is 7.55. The monoisotopic (exact) mass is 275 g/mol. The van der Waals surface area contributed by atoms with Crippen molar-refractivity contribution in [1.29, 1.82) is 0 Å². The maximum atomic E-state index is 6.09. The van der Waals surface area contributed by atoms with Crippen LogP contribution >= 0.6 is 0 Å². The third-order valence-electron chi connectivity index (χ3n) is 4.23. The molecule has 0 aromatic heterocycles. The predicted octanol–water partition coefficient (Wildman–Crippen LogP) is 5.23. The molecule has 0 spiro atoms. The summed E-state index contributed by atoms with van der Waals surface area (Å²) in [4.78, 5) is 0. The average Bonchev–Trinajstić information content (AvgIpc) is 2.55. The quantitative estimate of drug-likeness (QED) is 0.696. The number of nitrogens with two attached hydrogens (primary N) is 1. The maximum absolute atomic E-state index is 6.09. The van der Waals surface area contributed by atoms with Crippen LogP contribution in [0.1, 0.15) is 30.5 Å². The fourth-order valence-electron chi connectivity index (χ4n) is 2.85. The van der Waals surface area contributed by atoms with Crippen molar-refractivity contribution in [3.8, 4) is 11.1 Å². The van der Waals surface area contributed by atoms with E-state index < -0.39 is 0 Å². The molecule has 0 saturated carbocycles. The molecule has 1 nitrogen and oxygen atoms in total. The molecule has 0 aliphatic rings. The van der Waals surface area contributed by atoms with E-state index in [0.29, 0.717) is 0 Å². The van der Waals surface area contributed by atoms with Crippen LogP contribution in [0.2, 0.25) is 0 Å². The van der Waals surface area contributed by atoms with Crippen LogP contribution in [0.3, 0.4) is 0 Å². The molecule has 0 amide bonds. The molecule has 21 heavy (non-hydrogen) atoms. The van der Waals surface area contributed by atoms with E-state index >= 15 is 0 Å². The molecule has 0 radical (unpaired) electrons. The highest BCUT2D eigenvalue weighted by Gasteiger charge is 2.07. The summed E-state index contributed by atoms with van der Waals surface area (Å²) < 4.78 is 0. The van der Waals surface area contributed by atoms with Gasteiger partial charge in [0.25, 0.3) is 0 Å². The first-order valence-corrected chi connectivity index (χ1v) is 7.55. The number of hydrogen-bond acceptors (Lipinski definition) is 1. The van der Waals surface area contributed by atoms with Crippen LogP contribution in [0, 0.1) is 6.92 Å². The minimum absolute atomic E-state index is 0.133. The number of aryl methyl sites for hydroxylation is 1. The van der Waals surface area contributed by atoms with E-state index in [0.717, 1.165) is 6.42 Å². The van der Waals surface area contributed by atoms with Crippen LogP contribution in [0.25, 0.3) is 21.9 Å². The molecule has 0 bridgehead atoms. The van der Waals surface area contributed by atoms with Gasteiger partial charge in [0, 0.05) is 6.04 Å². The third-order valence-corrected chi connectivity index (χ3v) is 4.23. The first-order chi connectivity index (χ1) is 10.2. The topological polar surface area (TPSA) is 26.0 Å². The van der Waals surface area contributed by atoms with Gasteiger partial charge in [-0.15, -0.1) is 0 Å². The third kappa shape index (κ3) is 2.57. The van der Waals surface area contributed by atoms with Crippen molar-refractivity contribution in [3.63, 3.8) is 0 Å². The van der Waals surface area contributed by atoms with Crippen LogP contribution in [0.4, 0.5) is 0 Å². The van der Waals surface area contributed by atoms with Gasteiger partial charge < -0.3 is 5.73 Å². The molecule has 0 heterocycles. The highest BCUT2D eigenvalue weighted by Crippen LogP contribution is 2.31. The van der Waals surface area contributed by atoms with Crippen molar-refractivity contribution in [1.82, 2.24) is 0 Å². The lowest BCUT2D eigenvalue weighted by molar-refractivity contribution is 0.699. The van der Waals surface area contributed by atoms with Crippen LogP contribution in [-0.2, 0) is 0 Å². The van der Waals surface area contributed by atoms with Crippen molar-refractivity contribution in [2.24, 2.45) is 5.73 Å². The Morgan fingerprint density at radius 3 is 2.19 bits per heavy atom. The summed E-state index contributed by atoms with van der Waals surface area (Å²) in [7, 11) is 0. The molecule has 3 rings (SSSR count). The Morgan fingerprint density at radius 1 is 0.857 bits per heavy atom. The molecule has 0 fully saturated rings. The molecule has 3 aromatic carbocycles. The van der Waals surface area contributed by atoms with Gasteiger partial charge in [0.2, 0.25) is 0 Å². The highest BCUT2D eigenvalue weighted by atomic mass is 14.6. The number of rotatable bonds is 3. The van der Waals surface area contributed by atoms with Crippen LogP contribution < -0.4 is 5.73 Å². The second-order valence-electron chi connectivity index (χ2n) is 5.61. The molecular formula is C20H21N. The SMILES string of the molecule is CCC(N)c1ccc(-c2ccc(C)c3ccccc23)cc1. The van der Waals surface area contributed by atoms with E-state index in [1.165, 1.54) is 33.0 Å². The van der Waals surface area contributed by atoms with Gasteiger partial charge in [-0.2, -0.15) is 0 Å². The van der Waals surface area contributed by atoms with Gasteiger partial charge in [-0.25, -0.2) is 0 Å². The van der Waals surface area contributed by atoms with Crippen LogP contribution in [-0.4, -0.2) is 0 Å². The maximum Gasteiger partial charge on any atom is 0.0292 e. The zero-order valence-electron chi connectivity index (χ0n) is 12.6. The van der Waals surface area contributed by atoms with E-state index in [-0.39, 0.29) is 6.04 Å². The molecule has 1 atom stereocenters. The molecular weight excluding hydrogens is 254 g/mol. The minimum atomic E-state index is 0.133. The van der Waals surface area contributed by atoms with Gasteiger partial charge in [0.1, 0.15) is 0 Å². The highest BCUT2D eigenvalue weighted by molar-refractivity contribution is 5.98. The van der Waals surface area contributed by atoms with E-state index in [1.54, 1.807) is 0 Å². The Kier molecular flexibility index (Phi) is 3.76. The average molecular weight is 275 g/mol. The van der Waals surface area contributed by atoms with Crippen molar-refractivity contribution < 1.29 is 0 Å². The predicted molar refractivity (Wildman–Crippen MR) is 91.3 cm³/mol. The van der Waals surface area contributed by atoms with E-state index in [2.05, 4.69) is 74.5 Å². The van der Waals surface area contributed by atoms with Gasteiger partial charge >= 0.3 is 0 Å². The lowest BCUT2D eigenvalue weighted by atomic mass is 9.94. The van der Waals surface area contributed by atoms with E-state index in [9.17, 15) is 0 Å². The fourth-order valence-corrected chi connectivity index (χ4v) is 2.85. The molecule has 0 saturated heterocycles. The summed E-state index contributed by atoms with van der Waals surface area (Å²) in [5, 5.41) is 2.63. The lowest BCUT2D eigenvalue weighted by Crippen LogP contribution is -2.08. The molecule has 3 aromatic rings. The second-order valence-corrected chi connectivity index (χ2v) is 5.61. The molecule has 0 aliphatic carbocycles. The van der Waals surface area contributed by atoms with Crippen molar-refractivity contribution in [3.05, 3.63) is 71.8 Å². The molecule has 0 aliphatic heterocycles. The normalized spacial score (nSPS) is 12.5. The van der Waals surface area contributed by atoms with Crippen molar-refractivity contribution in [2.45, 2.75) is 26.3 Å². The zero-order chi connectivity index (χ0) is 14.8. The van der Waals surface area contributed by atoms with Gasteiger partial charge in [0.15, 0.2) is 0 Å². The summed E-state index contributed by atoms with van der Waals surface area (Å²) in [5.41, 5.74) is 11.2. The van der Waals surface area contributed by atoms with Crippen molar-refractivity contribution >= 4 is 10.8 Å². The lowest BCUT2D eigenvalue weighted by Gasteiger charge is -2.12. The summed E-state index contributed by atoms with van der Waals surface area (Å²) >= 11 is 0. The summed E-state index contributed by atoms with van der Waals surface area (Å²) in [5.74, 6) is 0.